The van der Waals surface area contributed by atoms with Gasteiger partial charge in [0.2, 0.25) is 11.5 Å². The molecule has 0 aliphatic heterocycles. The Kier molecular flexibility index (Phi) is 5.69. The van der Waals surface area contributed by atoms with Gasteiger partial charge in [-0.05, 0) is 51.5 Å². The van der Waals surface area contributed by atoms with Gasteiger partial charge in [0.1, 0.15) is 11.3 Å². The SMILES string of the molecule is COC(=O)c1c(C)[nH]c(C(=O)C(C)OC(=O)c2oc3ccc(OC)cc3c2C)c1C. The van der Waals surface area contributed by atoms with Crippen molar-refractivity contribution in [2.45, 2.75) is 33.8 Å². The molecular weight excluding hydrogens is 390 g/mol. The minimum absolute atomic E-state index is 0.0209. The van der Waals surface area contributed by atoms with E-state index in [0.717, 1.165) is 5.39 Å². The number of rotatable bonds is 6. The molecule has 0 aliphatic carbocycles. The molecule has 8 heteroatoms. The lowest BCUT2D eigenvalue weighted by atomic mass is 10.1. The Morgan fingerprint density at radius 1 is 1.03 bits per heavy atom. The summed E-state index contributed by atoms with van der Waals surface area (Å²) in [6.45, 7) is 6.50. The van der Waals surface area contributed by atoms with Gasteiger partial charge < -0.3 is 23.6 Å². The van der Waals surface area contributed by atoms with Gasteiger partial charge in [-0.2, -0.15) is 0 Å². The molecule has 2 aromatic heterocycles. The zero-order valence-corrected chi connectivity index (χ0v) is 17.7. The standard InChI is InChI=1S/C22H23NO7/c1-10-15-9-14(27-5)7-8-16(15)30-20(10)22(26)29-13(4)19(24)18-11(2)17(12(3)23-18)21(25)28-6/h7-9,13,23H,1-6H3. The molecule has 0 aliphatic rings. The van der Waals surface area contributed by atoms with Crippen LogP contribution in [0.4, 0.5) is 0 Å². The van der Waals surface area contributed by atoms with E-state index in [4.69, 9.17) is 18.6 Å². The Morgan fingerprint density at radius 2 is 1.73 bits per heavy atom. The third-order valence-electron chi connectivity index (χ3n) is 5.06. The van der Waals surface area contributed by atoms with Crippen molar-refractivity contribution in [2.75, 3.05) is 14.2 Å². The van der Waals surface area contributed by atoms with E-state index >= 15 is 0 Å². The van der Waals surface area contributed by atoms with Gasteiger partial charge in [-0.3, -0.25) is 4.79 Å². The maximum absolute atomic E-state index is 12.8. The highest BCUT2D eigenvalue weighted by Gasteiger charge is 2.29. The van der Waals surface area contributed by atoms with Crippen LogP contribution in [0.1, 0.15) is 55.1 Å². The Balaban J connectivity index is 1.84. The van der Waals surface area contributed by atoms with Crippen molar-refractivity contribution < 1.29 is 33.0 Å². The highest BCUT2D eigenvalue weighted by Crippen LogP contribution is 2.29. The number of hydrogen-bond donors (Lipinski definition) is 1. The van der Waals surface area contributed by atoms with E-state index in [1.54, 1.807) is 46.1 Å². The van der Waals surface area contributed by atoms with Crippen LogP contribution in [0.25, 0.3) is 11.0 Å². The van der Waals surface area contributed by atoms with E-state index in [9.17, 15) is 14.4 Å². The van der Waals surface area contributed by atoms with Gasteiger partial charge in [0.15, 0.2) is 6.10 Å². The number of aromatic nitrogens is 1. The summed E-state index contributed by atoms with van der Waals surface area (Å²) in [7, 11) is 2.82. The predicted molar refractivity (Wildman–Crippen MR) is 108 cm³/mol. The Hall–Kier alpha value is -3.55. The minimum Gasteiger partial charge on any atom is -0.497 e. The zero-order valence-electron chi connectivity index (χ0n) is 17.7. The number of aryl methyl sites for hydroxylation is 2. The van der Waals surface area contributed by atoms with Crippen molar-refractivity contribution in [3.63, 3.8) is 0 Å². The smallest absolute Gasteiger partial charge is 0.375 e. The number of aromatic amines is 1. The molecular formula is C22H23NO7. The minimum atomic E-state index is -1.10. The first-order valence-corrected chi connectivity index (χ1v) is 9.29. The summed E-state index contributed by atoms with van der Waals surface area (Å²) in [6, 6.07) is 5.19. The van der Waals surface area contributed by atoms with Crippen LogP contribution in [0, 0.1) is 20.8 Å². The van der Waals surface area contributed by atoms with Gasteiger partial charge in [-0.25, -0.2) is 9.59 Å². The molecule has 1 aromatic carbocycles. The van der Waals surface area contributed by atoms with Crippen LogP contribution >= 0.6 is 0 Å². The van der Waals surface area contributed by atoms with Crippen LogP contribution in [0.5, 0.6) is 5.75 Å². The first kappa shape index (κ1) is 21.2. The van der Waals surface area contributed by atoms with Crippen molar-refractivity contribution in [3.8, 4) is 5.75 Å². The van der Waals surface area contributed by atoms with Gasteiger partial charge in [0, 0.05) is 16.6 Å². The topological polar surface area (TPSA) is 108 Å². The molecule has 1 N–H and O–H groups in total. The Bertz CT molecular complexity index is 1150. The molecule has 0 spiro atoms. The lowest BCUT2D eigenvalue weighted by Gasteiger charge is -2.11. The molecule has 0 saturated carbocycles. The lowest BCUT2D eigenvalue weighted by molar-refractivity contribution is 0.0288. The van der Waals surface area contributed by atoms with E-state index in [1.807, 2.05) is 0 Å². The molecule has 0 radical (unpaired) electrons. The molecule has 8 nitrogen and oxygen atoms in total. The number of H-pyrrole nitrogens is 1. The summed E-state index contributed by atoms with van der Waals surface area (Å²) in [5.74, 6) is -1.10. The van der Waals surface area contributed by atoms with E-state index in [1.165, 1.54) is 14.0 Å². The number of fused-ring (bicyclic) bond motifs is 1. The molecule has 158 valence electrons. The van der Waals surface area contributed by atoms with E-state index in [-0.39, 0.29) is 11.5 Å². The zero-order chi connectivity index (χ0) is 22.2. The highest BCUT2D eigenvalue weighted by atomic mass is 16.6. The number of ketones is 1. The number of carbonyl (C=O) groups excluding carboxylic acids is 3. The number of esters is 2. The van der Waals surface area contributed by atoms with Crippen LogP contribution in [0.2, 0.25) is 0 Å². The van der Waals surface area contributed by atoms with Crippen molar-refractivity contribution in [1.29, 1.82) is 0 Å². The summed E-state index contributed by atoms with van der Waals surface area (Å²) < 4.78 is 20.9. The number of Topliss-reactive ketones (excluding diaryl/α,β-unsaturated/α-hetero) is 1. The number of furan rings is 1. The molecule has 0 saturated heterocycles. The monoisotopic (exact) mass is 413 g/mol. The fraction of sp³-hybridized carbons (Fsp3) is 0.318. The maximum atomic E-state index is 12.8. The van der Waals surface area contributed by atoms with E-state index in [0.29, 0.717) is 33.7 Å². The highest BCUT2D eigenvalue weighted by molar-refractivity contribution is 6.05. The first-order valence-electron chi connectivity index (χ1n) is 9.29. The second-order valence-corrected chi connectivity index (χ2v) is 6.95. The largest absolute Gasteiger partial charge is 0.497 e. The molecule has 3 rings (SSSR count). The van der Waals surface area contributed by atoms with Crippen LogP contribution in [0.3, 0.4) is 0 Å². The van der Waals surface area contributed by atoms with Gasteiger partial charge in [0.25, 0.3) is 0 Å². The summed E-state index contributed by atoms with van der Waals surface area (Å²) in [6.07, 6.45) is -1.10. The van der Waals surface area contributed by atoms with Crippen molar-refractivity contribution >= 4 is 28.7 Å². The lowest BCUT2D eigenvalue weighted by Crippen LogP contribution is -2.25. The number of hydrogen-bond acceptors (Lipinski definition) is 7. The fourth-order valence-electron chi connectivity index (χ4n) is 3.40. The summed E-state index contributed by atoms with van der Waals surface area (Å²) >= 11 is 0. The second kappa shape index (κ2) is 8.06. The quantitative estimate of drug-likeness (QED) is 0.482. The second-order valence-electron chi connectivity index (χ2n) is 6.95. The number of nitrogens with one attached hydrogen (secondary N) is 1. The van der Waals surface area contributed by atoms with Crippen molar-refractivity contribution in [2.24, 2.45) is 0 Å². The van der Waals surface area contributed by atoms with Crippen LogP contribution in [0.15, 0.2) is 22.6 Å². The summed E-state index contributed by atoms with van der Waals surface area (Å²) in [4.78, 5) is 40.3. The molecule has 1 atom stereocenters. The fourth-order valence-corrected chi connectivity index (χ4v) is 3.40. The normalized spacial score (nSPS) is 11.9. The van der Waals surface area contributed by atoms with Crippen LogP contribution < -0.4 is 4.74 Å². The first-order chi connectivity index (χ1) is 14.2. The average Bonchev–Trinajstić information content (AvgIpc) is 3.22. The predicted octanol–water partition coefficient (Wildman–Crippen LogP) is 3.91. The van der Waals surface area contributed by atoms with Crippen LogP contribution in [-0.4, -0.2) is 43.0 Å². The van der Waals surface area contributed by atoms with Gasteiger partial charge in [-0.15, -0.1) is 0 Å². The molecule has 1 unspecified atom stereocenters. The number of ether oxygens (including phenoxy) is 3. The Labute approximate surface area is 173 Å². The third kappa shape index (κ3) is 3.56. The molecule has 0 fully saturated rings. The Morgan fingerprint density at radius 3 is 2.37 bits per heavy atom. The summed E-state index contributed by atoms with van der Waals surface area (Å²) in [5.41, 5.74) is 2.54. The maximum Gasteiger partial charge on any atom is 0.375 e. The van der Waals surface area contributed by atoms with Gasteiger partial charge in [0.05, 0.1) is 25.5 Å². The number of methoxy groups -OCH3 is 2. The number of carbonyl (C=O) groups is 3. The third-order valence-corrected chi connectivity index (χ3v) is 5.06. The molecule has 3 aromatic rings. The van der Waals surface area contributed by atoms with Crippen molar-refractivity contribution in [3.05, 3.63) is 52.0 Å². The van der Waals surface area contributed by atoms with E-state index in [2.05, 4.69) is 4.98 Å². The molecule has 0 bridgehead atoms. The van der Waals surface area contributed by atoms with E-state index < -0.39 is 23.8 Å². The van der Waals surface area contributed by atoms with Crippen molar-refractivity contribution in [1.82, 2.24) is 4.98 Å². The number of benzene rings is 1. The van der Waals surface area contributed by atoms with Gasteiger partial charge >= 0.3 is 11.9 Å². The van der Waals surface area contributed by atoms with Crippen LogP contribution in [-0.2, 0) is 9.47 Å². The molecule has 2 heterocycles. The summed E-state index contributed by atoms with van der Waals surface area (Å²) in [5, 5.41) is 0.721. The average molecular weight is 413 g/mol. The molecule has 0 amide bonds. The molecule has 30 heavy (non-hydrogen) atoms. The van der Waals surface area contributed by atoms with Gasteiger partial charge in [-0.1, -0.05) is 0 Å².